The van der Waals surface area contributed by atoms with Crippen molar-refractivity contribution in [1.29, 1.82) is 0 Å². The molecule has 7 nitrogen and oxygen atoms in total. The Kier molecular flexibility index (Phi) is 5.67. The van der Waals surface area contributed by atoms with Crippen molar-refractivity contribution in [3.05, 3.63) is 63.3 Å². The van der Waals surface area contributed by atoms with Crippen LogP contribution in [0, 0.1) is 0 Å². The molecule has 2 heterocycles. The van der Waals surface area contributed by atoms with Crippen LogP contribution in [0.4, 0.5) is 0 Å². The standard InChI is InChI=1S/C22H20BrNO6/c1-12-21(22(26)28-10-13-3-5-14(27-2)6-4-13)16(8-20(25)24-12)15-7-18-19(9-17(15)23)30-11-29-18/h3-7,9,16H,8,10-11H2,1-2H3,(H,24,25)/t16-/m1/s1. The fourth-order valence-corrected chi connectivity index (χ4v) is 4.18. The van der Waals surface area contributed by atoms with Gasteiger partial charge in [-0.3, -0.25) is 4.79 Å². The average molecular weight is 474 g/mol. The normalized spacial score (nSPS) is 17.6. The van der Waals surface area contributed by atoms with Gasteiger partial charge in [-0.1, -0.05) is 28.1 Å². The van der Waals surface area contributed by atoms with Crippen LogP contribution in [-0.2, 0) is 20.9 Å². The smallest absolute Gasteiger partial charge is 0.336 e. The number of ether oxygens (including phenoxy) is 4. The summed E-state index contributed by atoms with van der Waals surface area (Å²) in [5, 5.41) is 2.75. The number of rotatable bonds is 5. The van der Waals surface area contributed by atoms with Crippen molar-refractivity contribution in [2.24, 2.45) is 0 Å². The Balaban J connectivity index is 1.59. The molecule has 1 N–H and O–H groups in total. The van der Waals surface area contributed by atoms with Crippen molar-refractivity contribution >= 4 is 27.8 Å². The number of halogens is 1. The molecule has 30 heavy (non-hydrogen) atoms. The van der Waals surface area contributed by atoms with Crippen molar-refractivity contribution in [2.45, 2.75) is 25.9 Å². The molecule has 1 atom stereocenters. The summed E-state index contributed by atoms with van der Waals surface area (Å²) in [6.07, 6.45) is 0.128. The molecule has 2 aliphatic heterocycles. The summed E-state index contributed by atoms with van der Waals surface area (Å²) < 4.78 is 22.3. The molecule has 0 radical (unpaired) electrons. The minimum Gasteiger partial charge on any atom is -0.497 e. The van der Waals surface area contributed by atoms with E-state index in [0.717, 1.165) is 21.3 Å². The predicted molar refractivity (Wildman–Crippen MR) is 111 cm³/mol. The average Bonchev–Trinajstić information content (AvgIpc) is 3.18. The summed E-state index contributed by atoms with van der Waals surface area (Å²) in [7, 11) is 1.59. The van der Waals surface area contributed by atoms with E-state index >= 15 is 0 Å². The highest BCUT2D eigenvalue weighted by Gasteiger charge is 2.35. The fraction of sp³-hybridized carbons (Fsp3) is 0.273. The van der Waals surface area contributed by atoms with Crippen LogP contribution >= 0.6 is 15.9 Å². The van der Waals surface area contributed by atoms with Gasteiger partial charge in [0, 0.05) is 22.5 Å². The molecule has 2 aromatic rings. The van der Waals surface area contributed by atoms with E-state index in [1.165, 1.54) is 0 Å². The lowest BCUT2D eigenvalue weighted by molar-refractivity contribution is -0.141. The number of carbonyl (C=O) groups is 2. The largest absolute Gasteiger partial charge is 0.497 e. The zero-order chi connectivity index (χ0) is 21.3. The molecule has 4 rings (SSSR count). The summed E-state index contributed by atoms with van der Waals surface area (Å²) in [6, 6.07) is 10.9. The Morgan fingerprint density at radius 2 is 1.90 bits per heavy atom. The number of amides is 1. The zero-order valence-electron chi connectivity index (χ0n) is 16.5. The number of hydrogen-bond acceptors (Lipinski definition) is 6. The summed E-state index contributed by atoms with van der Waals surface area (Å²) in [5.41, 5.74) is 2.51. The van der Waals surface area contributed by atoms with Crippen molar-refractivity contribution in [3.63, 3.8) is 0 Å². The van der Waals surface area contributed by atoms with Crippen LogP contribution in [0.15, 0.2) is 52.1 Å². The molecule has 0 saturated heterocycles. The minimum absolute atomic E-state index is 0.114. The van der Waals surface area contributed by atoms with E-state index in [2.05, 4.69) is 21.2 Å². The first-order valence-electron chi connectivity index (χ1n) is 9.36. The van der Waals surface area contributed by atoms with Crippen molar-refractivity contribution in [2.75, 3.05) is 13.9 Å². The van der Waals surface area contributed by atoms with Gasteiger partial charge in [0.15, 0.2) is 11.5 Å². The maximum Gasteiger partial charge on any atom is 0.336 e. The number of hydrogen-bond donors (Lipinski definition) is 1. The highest BCUT2D eigenvalue weighted by molar-refractivity contribution is 9.10. The van der Waals surface area contributed by atoms with Gasteiger partial charge >= 0.3 is 5.97 Å². The van der Waals surface area contributed by atoms with Gasteiger partial charge in [0.1, 0.15) is 12.4 Å². The number of allylic oxidation sites excluding steroid dienone is 1. The second-order valence-electron chi connectivity index (χ2n) is 6.99. The van der Waals surface area contributed by atoms with Crippen molar-refractivity contribution in [3.8, 4) is 17.2 Å². The van der Waals surface area contributed by atoms with E-state index in [1.807, 2.05) is 12.1 Å². The molecule has 2 aliphatic rings. The molecule has 8 heteroatoms. The molecule has 156 valence electrons. The number of nitrogens with one attached hydrogen (secondary N) is 1. The topological polar surface area (TPSA) is 83.1 Å². The molecule has 0 spiro atoms. The highest BCUT2D eigenvalue weighted by Crippen LogP contribution is 2.43. The van der Waals surface area contributed by atoms with Crippen molar-refractivity contribution < 1.29 is 28.5 Å². The van der Waals surface area contributed by atoms with E-state index < -0.39 is 11.9 Å². The Morgan fingerprint density at radius 3 is 2.60 bits per heavy atom. The van der Waals surface area contributed by atoms with E-state index in [4.69, 9.17) is 18.9 Å². The van der Waals surface area contributed by atoms with Crippen LogP contribution in [0.25, 0.3) is 0 Å². The maximum atomic E-state index is 13.0. The third-order valence-electron chi connectivity index (χ3n) is 5.09. The Hall–Kier alpha value is -3.00. The highest BCUT2D eigenvalue weighted by atomic mass is 79.9. The van der Waals surface area contributed by atoms with Gasteiger partial charge in [-0.15, -0.1) is 0 Å². The Morgan fingerprint density at radius 1 is 1.20 bits per heavy atom. The molecule has 0 unspecified atom stereocenters. The van der Waals surface area contributed by atoms with E-state index in [0.29, 0.717) is 22.8 Å². The number of fused-ring (bicyclic) bond motifs is 1. The van der Waals surface area contributed by atoms with Crippen LogP contribution in [-0.4, -0.2) is 25.8 Å². The predicted octanol–water partition coefficient (Wildman–Crippen LogP) is 3.81. The third-order valence-corrected chi connectivity index (χ3v) is 5.77. The molecule has 0 aliphatic carbocycles. The molecule has 0 bridgehead atoms. The van der Waals surface area contributed by atoms with Crippen LogP contribution < -0.4 is 19.5 Å². The van der Waals surface area contributed by atoms with Gasteiger partial charge in [0.2, 0.25) is 12.7 Å². The molecule has 1 amide bonds. The summed E-state index contributed by atoms with van der Waals surface area (Å²) in [5.74, 6) is 0.835. The van der Waals surface area contributed by atoms with Gasteiger partial charge in [0.05, 0.1) is 12.7 Å². The monoisotopic (exact) mass is 473 g/mol. The molecule has 0 saturated carbocycles. The molecular weight excluding hydrogens is 454 g/mol. The van der Waals surface area contributed by atoms with E-state index in [1.54, 1.807) is 38.3 Å². The molecular formula is C22H20BrNO6. The lowest BCUT2D eigenvalue weighted by Crippen LogP contribution is -2.34. The van der Waals surface area contributed by atoms with E-state index in [9.17, 15) is 9.59 Å². The maximum absolute atomic E-state index is 13.0. The number of benzene rings is 2. The molecule has 2 aromatic carbocycles. The third kappa shape index (κ3) is 4.00. The Labute approximate surface area is 182 Å². The first-order chi connectivity index (χ1) is 14.5. The lowest BCUT2D eigenvalue weighted by Gasteiger charge is -2.27. The first kappa shape index (κ1) is 20.3. The van der Waals surface area contributed by atoms with Gasteiger partial charge in [-0.05, 0) is 42.3 Å². The SMILES string of the molecule is COc1ccc(COC(=O)C2=C(C)NC(=O)C[C@@H]2c2cc3c(cc2Br)OCO3)cc1. The fourth-order valence-electron chi connectivity index (χ4n) is 3.59. The van der Waals surface area contributed by atoms with Crippen LogP contribution in [0.5, 0.6) is 17.2 Å². The van der Waals surface area contributed by atoms with Gasteiger partial charge in [-0.2, -0.15) is 0 Å². The van der Waals surface area contributed by atoms with Gasteiger partial charge < -0.3 is 24.3 Å². The second-order valence-corrected chi connectivity index (χ2v) is 7.85. The van der Waals surface area contributed by atoms with Crippen LogP contribution in [0.2, 0.25) is 0 Å². The van der Waals surface area contributed by atoms with Crippen LogP contribution in [0.1, 0.15) is 30.4 Å². The zero-order valence-corrected chi connectivity index (χ0v) is 18.1. The van der Waals surface area contributed by atoms with Crippen molar-refractivity contribution in [1.82, 2.24) is 5.32 Å². The number of methoxy groups -OCH3 is 1. The second kappa shape index (κ2) is 8.39. The van der Waals surface area contributed by atoms with Gasteiger partial charge in [0.25, 0.3) is 0 Å². The number of esters is 1. The number of carbonyl (C=O) groups excluding carboxylic acids is 2. The Bertz CT molecular complexity index is 1030. The van der Waals surface area contributed by atoms with E-state index in [-0.39, 0.29) is 25.7 Å². The molecule has 0 fully saturated rings. The van der Waals surface area contributed by atoms with Crippen LogP contribution in [0.3, 0.4) is 0 Å². The summed E-state index contributed by atoms with van der Waals surface area (Å²) >= 11 is 3.54. The van der Waals surface area contributed by atoms with Gasteiger partial charge in [-0.25, -0.2) is 4.79 Å². The lowest BCUT2D eigenvalue weighted by atomic mass is 9.84. The summed E-state index contributed by atoms with van der Waals surface area (Å²) in [6.45, 7) is 1.96. The summed E-state index contributed by atoms with van der Waals surface area (Å²) in [4.78, 5) is 25.2. The minimum atomic E-state index is -0.474. The first-order valence-corrected chi connectivity index (χ1v) is 10.1. The molecule has 0 aromatic heterocycles. The quantitative estimate of drug-likeness (QED) is 0.664.